The van der Waals surface area contributed by atoms with Gasteiger partial charge in [0, 0.05) is 6.92 Å². The molecule has 1 fully saturated rings. The molecule has 4 nitrogen and oxygen atoms in total. The third kappa shape index (κ3) is 2.53. The van der Waals surface area contributed by atoms with Crippen LogP contribution in [0.3, 0.4) is 0 Å². The number of aromatic nitrogens is 2. The number of H-pyrrole nitrogens is 1. The normalized spacial score (nSPS) is 19.6. The average molecular weight is 297 g/mol. The van der Waals surface area contributed by atoms with Crippen LogP contribution in [0.25, 0.3) is 11.0 Å². The van der Waals surface area contributed by atoms with E-state index in [0.29, 0.717) is 23.5 Å². The Morgan fingerprint density at radius 1 is 1.23 bits per heavy atom. The zero-order chi connectivity index (χ0) is 16.1. The van der Waals surface area contributed by atoms with Crippen molar-refractivity contribution in [2.24, 2.45) is 10.8 Å². The van der Waals surface area contributed by atoms with Gasteiger partial charge in [-0.3, -0.25) is 10.1 Å². The molecular weight excluding hydrogens is 273 g/mol. The number of aromatic amines is 1. The smallest absolute Gasteiger partial charge is 0.223 e. The van der Waals surface area contributed by atoms with Gasteiger partial charge in [0.15, 0.2) is 6.71 Å². The lowest BCUT2D eigenvalue weighted by Crippen LogP contribution is -2.27. The lowest BCUT2D eigenvalue weighted by molar-refractivity contribution is -0.114. The van der Waals surface area contributed by atoms with Crippen LogP contribution in [0.4, 0.5) is 5.95 Å². The maximum atomic E-state index is 11.1. The molecule has 2 aromatic rings. The van der Waals surface area contributed by atoms with Crippen molar-refractivity contribution in [3.05, 3.63) is 18.2 Å². The predicted octanol–water partition coefficient (Wildman–Crippen LogP) is 3.29. The van der Waals surface area contributed by atoms with E-state index in [0.717, 1.165) is 11.0 Å². The molecule has 1 saturated heterocycles. The highest BCUT2D eigenvalue weighted by Gasteiger charge is 2.48. The highest BCUT2D eigenvalue weighted by atomic mass is 16.1. The molecule has 0 unspecified atom stereocenters. The van der Waals surface area contributed by atoms with E-state index in [1.54, 1.807) is 0 Å². The van der Waals surface area contributed by atoms with Gasteiger partial charge in [-0.25, -0.2) is 4.98 Å². The standard InChI is InChI=1S/C17H24BN3O/c1-11(22)19-15-20-13-7-6-12(8-14(13)21-15)18-9-16(2,3)17(4,5)10-18/h6-8H,9-10H2,1-5H3,(H2,19,20,21,22). The molecule has 1 aromatic carbocycles. The number of carbonyl (C=O) groups is 1. The Morgan fingerprint density at radius 2 is 1.86 bits per heavy atom. The lowest BCUT2D eigenvalue weighted by atomic mass is 9.42. The molecule has 0 radical (unpaired) electrons. The first-order valence-corrected chi connectivity index (χ1v) is 7.95. The molecule has 0 atom stereocenters. The molecule has 1 aliphatic rings. The minimum absolute atomic E-state index is 0.112. The molecule has 5 heteroatoms. The second-order valence-corrected chi connectivity index (χ2v) is 7.92. The van der Waals surface area contributed by atoms with Gasteiger partial charge in [-0.2, -0.15) is 0 Å². The van der Waals surface area contributed by atoms with Crippen LogP contribution < -0.4 is 10.8 Å². The van der Waals surface area contributed by atoms with Gasteiger partial charge < -0.3 is 4.98 Å². The van der Waals surface area contributed by atoms with Crippen molar-refractivity contribution in [1.82, 2.24) is 9.97 Å². The zero-order valence-corrected chi connectivity index (χ0v) is 14.1. The molecule has 116 valence electrons. The third-order valence-electron chi connectivity index (χ3n) is 5.62. The molecule has 0 aliphatic carbocycles. The van der Waals surface area contributed by atoms with Crippen molar-refractivity contribution in [1.29, 1.82) is 0 Å². The molecule has 2 heterocycles. The Hall–Kier alpha value is -1.78. The molecule has 0 spiro atoms. The largest absolute Gasteiger partial charge is 0.324 e. The van der Waals surface area contributed by atoms with Crippen LogP contribution >= 0.6 is 0 Å². The second kappa shape index (κ2) is 4.87. The number of rotatable bonds is 2. The highest BCUT2D eigenvalue weighted by molar-refractivity contribution is 6.74. The van der Waals surface area contributed by atoms with E-state index in [1.807, 2.05) is 6.07 Å². The Bertz CT molecular complexity index is 717. The molecular formula is C17H24BN3O. The molecule has 2 N–H and O–H groups in total. The van der Waals surface area contributed by atoms with Crippen molar-refractivity contribution in [3.63, 3.8) is 0 Å². The van der Waals surface area contributed by atoms with E-state index >= 15 is 0 Å². The summed E-state index contributed by atoms with van der Waals surface area (Å²) < 4.78 is 0. The first kappa shape index (κ1) is 15.1. The fourth-order valence-electron chi connectivity index (χ4n) is 3.60. The number of hydrogen-bond acceptors (Lipinski definition) is 2. The second-order valence-electron chi connectivity index (χ2n) is 7.92. The predicted molar refractivity (Wildman–Crippen MR) is 93.0 cm³/mol. The number of amides is 1. The Kier molecular flexibility index (Phi) is 3.35. The van der Waals surface area contributed by atoms with Crippen LogP contribution in [0.15, 0.2) is 18.2 Å². The molecule has 1 aromatic heterocycles. The summed E-state index contributed by atoms with van der Waals surface area (Å²) >= 11 is 0. The van der Waals surface area contributed by atoms with E-state index in [-0.39, 0.29) is 5.91 Å². The highest BCUT2D eigenvalue weighted by Crippen LogP contribution is 2.52. The molecule has 1 aliphatic heterocycles. The van der Waals surface area contributed by atoms with Gasteiger partial charge in [-0.05, 0) is 23.0 Å². The molecule has 3 rings (SSSR count). The lowest BCUT2D eigenvalue weighted by Gasteiger charge is -2.35. The third-order valence-corrected chi connectivity index (χ3v) is 5.62. The van der Waals surface area contributed by atoms with E-state index in [9.17, 15) is 4.79 Å². The number of carbonyl (C=O) groups excluding carboxylic acids is 1. The van der Waals surface area contributed by atoms with Crippen molar-refractivity contribution < 1.29 is 4.79 Å². The van der Waals surface area contributed by atoms with E-state index in [1.165, 1.54) is 25.0 Å². The summed E-state index contributed by atoms with van der Waals surface area (Å²) in [6, 6.07) is 6.42. The van der Waals surface area contributed by atoms with Gasteiger partial charge in [-0.15, -0.1) is 0 Å². The maximum Gasteiger partial charge on any atom is 0.223 e. The van der Waals surface area contributed by atoms with Crippen LogP contribution in [0.2, 0.25) is 12.6 Å². The van der Waals surface area contributed by atoms with Gasteiger partial charge >= 0.3 is 0 Å². The zero-order valence-electron chi connectivity index (χ0n) is 14.1. The number of nitrogens with zero attached hydrogens (tertiary/aromatic N) is 1. The first-order chi connectivity index (χ1) is 10.2. The number of anilines is 1. The summed E-state index contributed by atoms with van der Waals surface area (Å²) in [5.41, 5.74) is 3.95. The van der Waals surface area contributed by atoms with E-state index in [4.69, 9.17) is 0 Å². The first-order valence-electron chi connectivity index (χ1n) is 7.95. The Balaban J connectivity index is 1.91. The van der Waals surface area contributed by atoms with Crippen LogP contribution in [0.5, 0.6) is 0 Å². The van der Waals surface area contributed by atoms with Crippen molar-refractivity contribution in [2.75, 3.05) is 5.32 Å². The van der Waals surface area contributed by atoms with E-state index in [2.05, 4.69) is 55.1 Å². The van der Waals surface area contributed by atoms with Crippen LogP contribution in [0.1, 0.15) is 34.6 Å². The van der Waals surface area contributed by atoms with Crippen LogP contribution in [0, 0.1) is 10.8 Å². The SMILES string of the molecule is CC(=O)Nc1nc2ccc(B3CC(C)(C)C(C)(C)C3)cc2[nH]1. The number of imidazole rings is 1. The average Bonchev–Trinajstić information content (AvgIpc) is 2.85. The van der Waals surface area contributed by atoms with Gasteiger partial charge in [0.1, 0.15) is 0 Å². The fourth-order valence-corrected chi connectivity index (χ4v) is 3.60. The summed E-state index contributed by atoms with van der Waals surface area (Å²) in [4.78, 5) is 18.7. The monoisotopic (exact) mass is 297 g/mol. The topological polar surface area (TPSA) is 57.8 Å². The number of fused-ring (bicyclic) bond motifs is 1. The number of benzene rings is 1. The quantitative estimate of drug-likeness (QED) is 0.836. The maximum absolute atomic E-state index is 11.1. The van der Waals surface area contributed by atoms with Crippen molar-refractivity contribution in [3.8, 4) is 0 Å². The summed E-state index contributed by atoms with van der Waals surface area (Å²) in [5, 5.41) is 2.70. The summed E-state index contributed by atoms with van der Waals surface area (Å²) in [7, 11) is 0. The Morgan fingerprint density at radius 3 is 2.45 bits per heavy atom. The van der Waals surface area contributed by atoms with E-state index < -0.39 is 0 Å². The summed E-state index contributed by atoms with van der Waals surface area (Å²) in [6.07, 6.45) is 2.41. The fraction of sp³-hybridized carbons (Fsp3) is 0.529. The minimum Gasteiger partial charge on any atom is -0.324 e. The molecule has 1 amide bonds. The summed E-state index contributed by atoms with van der Waals surface area (Å²) in [6.45, 7) is 11.6. The number of hydrogen-bond donors (Lipinski definition) is 2. The van der Waals surface area contributed by atoms with Gasteiger partial charge in [0.25, 0.3) is 0 Å². The van der Waals surface area contributed by atoms with Crippen molar-refractivity contribution in [2.45, 2.75) is 47.3 Å². The number of nitrogens with one attached hydrogen (secondary N) is 2. The van der Waals surface area contributed by atoms with Crippen LogP contribution in [-0.4, -0.2) is 22.6 Å². The molecule has 0 bridgehead atoms. The van der Waals surface area contributed by atoms with Gasteiger partial charge in [0.2, 0.25) is 11.9 Å². The van der Waals surface area contributed by atoms with Crippen molar-refractivity contribution >= 4 is 35.1 Å². The molecule has 22 heavy (non-hydrogen) atoms. The Labute approximate surface area is 132 Å². The molecule has 0 saturated carbocycles. The van der Waals surface area contributed by atoms with Gasteiger partial charge in [0.05, 0.1) is 11.0 Å². The summed E-state index contributed by atoms with van der Waals surface area (Å²) in [5.74, 6) is 0.408. The van der Waals surface area contributed by atoms with Gasteiger partial charge in [-0.1, -0.05) is 51.9 Å². The minimum atomic E-state index is -0.112. The van der Waals surface area contributed by atoms with Crippen LogP contribution in [-0.2, 0) is 4.79 Å².